The number of hydrogen-bond acceptors (Lipinski definition) is 4. The molecule has 0 saturated heterocycles. The summed E-state index contributed by atoms with van der Waals surface area (Å²) in [5, 5.41) is 6.80. The predicted molar refractivity (Wildman–Crippen MR) is 90.3 cm³/mol. The van der Waals surface area contributed by atoms with E-state index in [9.17, 15) is 0 Å². The molecular formula is C17H20N4S. The highest BCUT2D eigenvalue weighted by atomic mass is 32.1. The van der Waals surface area contributed by atoms with Crippen LogP contribution in [-0.2, 0) is 13.1 Å². The Morgan fingerprint density at radius 2 is 2.00 bits per heavy atom. The first kappa shape index (κ1) is 14.9. The molecule has 0 atom stereocenters. The van der Waals surface area contributed by atoms with Gasteiger partial charge in [0.1, 0.15) is 0 Å². The molecule has 0 bridgehead atoms. The summed E-state index contributed by atoms with van der Waals surface area (Å²) >= 11 is 1.74. The Bertz CT molecular complexity index is 699. The first-order valence-corrected chi connectivity index (χ1v) is 8.32. The van der Waals surface area contributed by atoms with E-state index in [1.54, 1.807) is 17.5 Å². The van der Waals surface area contributed by atoms with Crippen molar-refractivity contribution >= 4 is 11.3 Å². The van der Waals surface area contributed by atoms with E-state index in [2.05, 4.69) is 58.8 Å². The average molecular weight is 312 g/mol. The maximum atomic E-state index is 4.63. The van der Waals surface area contributed by atoms with E-state index >= 15 is 0 Å². The van der Waals surface area contributed by atoms with E-state index in [-0.39, 0.29) is 0 Å². The molecule has 114 valence electrons. The molecule has 0 amide bonds. The Kier molecular flexibility index (Phi) is 4.65. The summed E-state index contributed by atoms with van der Waals surface area (Å²) < 4.78 is 2.00. The number of hydrogen-bond donors (Lipinski definition) is 1. The Hall–Kier alpha value is -1.98. The quantitative estimate of drug-likeness (QED) is 0.754. The zero-order chi connectivity index (χ0) is 15.4. The van der Waals surface area contributed by atoms with Crippen molar-refractivity contribution in [3.8, 4) is 5.69 Å². The highest BCUT2D eigenvalue weighted by molar-refractivity contribution is 7.09. The van der Waals surface area contributed by atoms with Gasteiger partial charge in [-0.2, -0.15) is 0 Å². The molecule has 5 heteroatoms. The first-order valence-electron chi connectivity index (χ1n) is 7.44. The fourth-order valence-electron chi connectivity index (χ4n) is 2.20. The van der Waals surface area contributed by atoms with Gasteiger partial charge in [-0.25, -0.2) is 9.97 Å². The third kappa shape index (κ3) is 3.61. The topological polar surface area (TPSA) is 42.7 Å². The molecule has 0 saturated carbocycles. The van der Waals surface area contributed by atoms with Gasteiger partial charge in [0.2, 0.25) is 0 Å². The monoisotopic (exact) mass is 312 g/mol. The van der Waals surface area contributed by atoms with E-state index in [1.807, 2.05) is 17.1 Å². The Labute approximate surface area is 134 Å². The van der Waals surface area contributed by atoms with Crippen molar-refractivity contribution in [1.82, 2.24) is 19.9 Å². The smallest absolute Gasteiger partial charge is 0.0991 e. The second kappa shape index (κ2) is 6.85. The molecule has 1 aromatic carbocycles. The molecule has 0 fully saturated rings. The Morgan fingerprint density at radius 1 is 1.18 bits per heavy atom. The molecule has 0 aliphatic heterocycles. The minimum absolute atomic E-state index is 0.509. The van der Waals surface area contributed by atoms with Gasteiger partial charge in [0, 0.05) is 42.5 Å². The lowest BCUT2D eigenvalue weighted by molar-refractivity contribution is 0.678. The molecule has 1 N–H and O–H groups in total. The molecule has 3 rings (SSSR count). The second-order valence-electron chi connectivity index (χ2n) is 5.57. The third-order valence-corrected chi connectivity index (χ3v) is 4.63. The highest BCUT2D eigenvalue weighted by Crippen LogP contribution is 2.19. The predicted octanol–water partition coefficient (Wildman–Crippen LogP) is 3.74. The Balaban J connectivity index is 1.53. The molecule has 0 aliphatic rings. The lowest BCUT2D eigenvalue weighted by atomic mass is 10.2. The third-order valence-electron chi connectivity index (χ3n) is 3.44. The van der Waals surface area contributed by atoms with E-state index in [0.717, 1.165) is 24.5 Å². The molecular weight excluding hydrogens is 292 g/mol. The maximum absolute atomic E-state index is 4.63. The van der Waals surface area contributed by atoms with Gasteiger partial charge in [-0.05, 0) is 17.7 Å². The lowest BCUT2D eigenvalue weighted by Crippen LogP contribution is -2.13. The summed E-state index contributed by atoms with van der Waals surface area (Å²) in [6.45, 7) is 6.01. The van der Waals surface area contributed by atoms with Crippen LogP contribution in [0.3, 0.4) is 0 Å². The lowest BCUT2D eigenvalue weighted by Gasteiger charge is -2.06. The van der Waals surface area contributed by atoms with Crippen molar-refractivity contribution in [2.24, 2.45) is 0 Å². The summed E-state index contributed by atoms with van der Waals surface area (Å²) in [6.07, 6.45) is 5.54. The van der Waals surface area contributed by atoms with Crippen LogP contribution in [0.25, 0.3) is 5.69 Å². The van der Waals surface area contributed by atoms with E-state index < -0.39 is 0 Å². The van der Waals surface area contributed by atoms with Crippen molar-refractivity contribution in [2.45, 2.75) is 32.9 Å². The maximum Gasteiger partial charge on any atom is 0.0991 e. The van der Waals surface area contributed by atoms with Gasteiger partial charge in [-0.15, -0.1) is 11.3 Å². The number of nitrogens with zero attached hydrogens (tertiary/aromatic N) is 3. The molecule has 0 radical (unpaired) electrons. The largest absolute Gasteiger partial charge is 0.307 e. The van der Waals surface area contributed by atoms with E-state index in [1.165, 1.54) is 10.6 Å². The first-order chi connectivity index (χ1) is 10.7. The SMILES string of the molecule is CC(C)c1nc(CNCc2ccc(-n3ccnc3)cc2)cs1. The number of rotatable bonds is 6. The van der Waals surface area contributed by atoms with Crippen LogP contribution in [0.5, 0.6) is 0 Å². The Morgan fingerprint density at radius 3 is 2.64 bits per heavy atom. The molecule has 0 spiro atoms. The van der Waals surface area contributed by atoms with Gasteiger partial charge in [0.15, 0.2) is 0 Å². The number of aromatic nitrogens is 3. The van der Waals surface area contributed by atoms with Crippen molar-refractivity contribution < 1.29 is 0 Å². The minimum Gasteiger partial charge on any atom is -0.307 e. The summed E-state index contributed by atoms with van der Waals surface area (Å²) in [5.74, 6) is 0.509. The van der Waals surface area contributed by atoms with Crippen LogP contribution in [0.4, 0.5) is 0 Å². The summed E-state index contributed by atoms with van der Waals surface area (Å²) in [7, 11) is 0. The van der Waals surface area contributed by atoms with Gasteiger partial charge in [-0.3, -0.25) is 0 Å². The molecule has 22 heavy (non-hydrogen) atoms. The van der Waals surface area contributed by atoms with Crippen molar-refractivity contribution in [2.75, 3.05) is 0 Å². The van der Waals surface area contributed by atoms with Crippen LogP contribution < -0.4 is 5.32 Å². The van der Waals surface area contributed by atoms with E-state index in [0.29, 0.717) is 5.92 Å². The fourth-order valence-corrected chi connectivity index (χ4v) is 3.04. The van der Waals surface area contributed by atoms with Gasteiger partial charge in [0.25, 0.3) is 0 Å². The molecule has 2 aromatic heterocycles. The zero-order valence-corrected chi connectivity index (χ0v) is 13.7. The number of imidazole rings is 1. The highest BCUT2D eigenvalue weighted by Gasteiger charge is 2.05. The van der Waals surface area contributed by atoms with Crippen LogP contribution >= 0.6 is 11.3 Å². The summed E-state index contributed by atoms with van der Waals surface area (Å²) in [6, 6.07) is 8.50. The van der Waals surface area contributed by atoms with Crippen LogP contribution in [0.1, 0.15) is 36.0 Å². The van der Waals surface area contributed by atoms with Crippen LogP contribution in [0.2, 0.25) is 0 Å². The molecule has 4 nitrogen and oxygen atoms in total. The molecule has 0 aliphatic carbocycles. The minimum atomic E-state index is 0.509. The zero-order valence-electron chi connectivity index (χ0n) is 12.9. The van der Waals surface area contributed by atoms with E-state index in [4.69, 9.17) is 0 Å². The molecule has 2 heterocycles. The molecule has 3 aromatic rings. The van der Waals surface area contributed by atoms with Gasteiger partial charge < -0.3 is 9.88 Å². The number of thiazole rings is 1. The normalized spacial score (nSPS) is 11.2. The number of nitrogens with one attached hydrogen (secondary N) is 1. The number of benzene rings is 1. The summed E-state index contributed by atoms with van der Waals surface area (Å²) in [5.41, 5.74) is 3.52. The fraction of sp³-hybridized carbons (Fsp3) is 0.294. The average Bonchev–Trinajstić information content (AvgIpc) is 3.19. The van der Waals surface area contributed by atoms with Gasteiger partial charge in [0.05, 0.1) is 17.0 Å². The van der Waals surface area contributed by atoms with Crippen LogP contribution in [0, 0.1) is 0 Å². The van der Waals surface area contributed by atoms with Crippen molar-refractivity contribution in [3.63, 3.8) is 0 Å². The van der Waals surface area contributed by atoms with Crippen molar-refractivity contribution in [3.05, 3.63) is 64.6 Å². The second-order valence-corrected chi connectivity index (χ2v) is 6.46. The summed E-state index contributed by atoms with van der Waals surface area (Å²) in [4.78, 5) is 8.70. The van der Waals surface area contributed by atoms with Gasteiger partial charge >= 0.3 is 0 Å². The van der Waals surface area contributed by atoms with Crippen LogP contribution in [-0.4, -0.2) is 14.5 Å². The molecule has 0 unspecified atom stereocenters. The van der Waals surface area contributed by atoms with Gasteiger partial charge in [-0.1, -0.05) is 26.0 Å². The van der Waals surface area contributed by atoms with Crippen LogP contribution in [0.15, 0.2) is 48.4 Å². The standard InChI is InChI=1S/C17H20N4S/c1-13(2)17-20-15(11-22-17)10-19-9-14-3-5-16(6-4-14)21-8-7-18-12-21/h3-8,11-13,19H,9-10H2,1-2H3. The van der Waals surface area contributed by atoms with Crippen molar-refractivity contribution in [1.29, 1.82) is 0 Å².